The number of aromatic nitrogens is 4. The largest absolute Gasteiger partial charge is 0.324 e. The number of halogens is 1. The third-order valence-corrected chi connectivity index (χ3v) is 3.88. The molecule has 2 aromatic heterocycles. The van der Waals surface area contributed by atoms with E-state index in [9.17, 15) is 14.0 Å². The maximum atomic E-state index is 13.0. The molecule has 2 amide bonds. The Bertz CT molecular complexity index is 1060. The number of hydrogen-bond acceptors (Lipinski definition) is 4. The number of hydrogen-bond donors (Lipinski definition) is 3. The second-order valence-electron chi connectivity index (χ2n) is 7.37. The van der Waals surface area contributed by atoms with Gasteiger partial charge >= 0.3 is 6.03 Å². The summed E-state index contributed by atoms with van der Waals surface area (Å²) in [6, 6.07) is 7.94. The first-order chi connectivity index (χ1) is 13.1. The summed E-state index contributed by atoms with van der Waals surface area (Å²) in [5.41, 5.74) is 1.04. The van der Waals surface area contributed by atoms with Crippen LogP contribution in [0.25, 0.3) is 5.95 Å². The van der Waals surface area contributed by atoms with E-state index in [2.05, 4.69) is 25.7 Å². The highest BCUT2D eigenvalue weighted by atomic mass is 19.1. The minimum atomic E-state index is -0.539. The molecular formula is C19H21FN6O2. The molecule has 0 spiro atoms. The lowest BCUT2D eigenvalue weighted by molar-refractivity contribution is 0.262. The zero-order valence-electron chi connectivity index (χ0n) is 16.0. The van der Waals surface area contributed by atoms with Gasteiger partial charge in [-0.25, -0.2) is 14.2 Å². The lowest BCUT2D eigenvalue weighted by atomic mass is 9.92. The minimum absolute atomic E-state index is 0.192. The molecule has 0 bridgehead atoms. The molecule has 2 heterocycles. The number of amides is 2. The van der Waals surface area contributed by atoms with Crippen LogP contribution in [0.3, 0.4) is 0 Å². The maximum Gasteiger partial charge on any atom is 0.324 e. The Hall–Kier alpha value is -3.49. The Labute approximate surface area is 160 Å². The molecular weight excluding hydrogens is 363 g/mol. The van der Waals surface area contributed by atoms with Gasteiger partial charge in [0.25, 0.3) is 5.56 Å². The summed E-state index contributed by atoms with van der Waals surface area (Å²) >= 11 is 0. The van der Waals surface area contributed by atoms with Crippen LogP contribution in [-0.2, 0) is 5.41 Å². The molecule has 9 heteroatoms. The molecule has 1 aromatic carbocycles. The summed E-state index contributed by atoms with van der Waals surface area (Å²) in [7, 11) is 0. The molecule has 3 aromatic rings. The topological polar surface area (TPSA) is 105 Å². The highest BCUT2D eigenvalue weighted by molar-refractivity contribution is 5.99. The molecule has 0 unspecified atom stereocenters. The molecule has 146 valence electrons. The van der Waals surface area contributed by atoms with E-state index in [-0.39, 0.29) is 16.9 Å². The number of anilines is 2. The average molecular weight is 384 g/mol. The van der Waals surface area contributed by atoms with E-state index in [1.165, 1.54) is 35.0 Å². The van der Waals surface area contributed by atoms with E-state index >= 15 is 0 Å². The zero-order valence-corrected chi connectivity index (χ0v) is 16.0. The van der Waals surface area contributed by atoms with Crippen molar-refractivity contribution in [2.24, 2.45) is 0 Å². The lowest BCUT2D eigenvalue weighted by Crippen LogP contribution is -2.22. The Morgan fingerprint density at radius 1 is 1.14 bits per heavy atom. The standard InChI is InChI=1S/C19H21FN6O2/c1-11-9-16(27)24-17(21-11)26-15(10-14(25-26)19(2,3)4)23-18(28)22-13-7-5-12(20)6-8-13/h5-10H,1-4H3,(H,21,24,27)(H2,22,23,28). The van der Waals surface area contributed by atoms with Gasteiger partial charge in [-0.15, -0.1) is 0 Å². The number of rotatable bonds is 3. The van der Waals surface area contributed by atoms with Crippen molar-refractivity contribution in [3.8, 4) is 5.95 Å². The first-order valence-electron chi connectivity index (χ1n) is 8.64. The molecule has 3 rings (SSSR count). The Balaban J connectivity index is 1.94. The summed E-state index contributed by atoms with van der Waals surface area (Å²) in [5, 5.41) is 9.81. The molecule has 3 N–H and O–H groups in total. The summed E-state index contributed by atoms with van der Waals surface area (Å²) in [5.74, 6) is 0.129. The van der Waals surface area contributed by atoms with Gasteiger partial charge in [0, 0.05) is 28.9 Å². The molecule has 8 nitrogen and oxygen atoms in total. The number of aromatic amines is 1. The quantitative estimate of drug-likeness (QED) is 0.644. The van der Waals surface area contributed by atoms with Crippen molar-refractivity contribution in [3.05, 3.63) is 64.0 Å². The van der Waals surface area contributed by atoms with Crippen molar-refractivity contribution < 1.29 is 9.18 Å². The van der Waals surface area contributed by atoms with Crippen molar-refractivity contribution in [1.29, 1.82) is 0 Å². The van der Waals surface area contributed by atoms with E-state index in [4.69, 9.17) is 0 Å². The second-order valence-corrected chi connectivity index (χ2v) is 7.37. The first kappa shape index (κ1) is 19.3. The molecule has 0 atom stereocenters. The van der Waals surface area contributed by atoms with Crippen molar-refractivity contribution in [2.45, 2.75) is 33.1 Å². The first-order valence-corrected chi connectivity index (χ1v) is 8.64. The van der Waals surface area contributed by atoms with E-state index in [0.29, 0.717) is 22.9 Å². The SMILES string of the molecule is Cc1cc(=O)[nH]c(-n2nc(C(C)(C)C)cc2NC(=O)Nc2ccc(F)cc2)n1. The molecule has 0 aliphatic rings. The van der Waals surface area contributed by atoms with Gasteiger partial charge in [0.2, 0.25) is 5.95 Å². The Morgan fingerprint density at radius 2 is 1.82 bits per heavy atom. The van der Waals surface area contributed by atoms with Gasteiger partial charge in [0.15, 0.2) is 0 Å². The van der Waals surface area contributed by atoms with Crippen LogP contribution in [-0.4, -0.2) is 25.8 Å². The van der Waals surface area contributed by atoms with E-state index in [1.54, 1.807) is 13.0 Å². The van der Waals surface area contributed by atoms with Gasteiger partial charge < -0.3 is 5.32 Å². The smallest absolute Gasteiger partial charge is 0.308 e. The zero-order chi connectivity index (χ0) is 20.5. The molecule has 0 fully saturated rings. The monoisotopic (exact) mass is 384 g/mol. The van der Waals surface area contributed by atoms with Gasteiger partial charge in [0.1, 0.15) is 11.6 Å². The number of benzene rings is 1. The fraction of sp³-hybridized carbons (Fsp3) is 0.263. The van der Waals surface area contributed by atoms with Gasteiger partial charge in [-0.2, -0.15) is 9.78 Å². The minimum Gasteiger partial charge on any atom is -0.308 e. The Morgan fingerprint density at radius 3 is 2.43 bits per heavy atom. The molecule has 0 radical (unpaired) electrons. The highest BCUT2D eigenvalue weighted by Gasteiger charge is 2.22. The van der Waals surface area contributed by atoms with Gasteiger partial charge in [-0.1, -0.05) is 20.8 Å². The van der Waals surface area contributed by atoms with E-state index in [0.717, 1.165) is 0 Å². The van der Waals surface area contributed by atoms with Crippen LogP contribution in [0.4, 0.5) is 20.7 Å². The normalized spacial score (nSPS) is 11.3. The summed E-state index contributed by atoms with van der Waals surface area (Å²) in [6.07, 6.45) is 0. The lowest BCUT2D eigenvalue weighted by Gasteiger charge is -2.13. The second kappa shape index (κ2) is 7.26. The fourth-order valence-corrected chi connectivity index (χ4v) is 2.47. The molecule has 0 saturated carbocycles. The van der Waals surface area contributed by atoms with Crippen molar-refractivity contribution in [2.75, 3.05) is 10.6 Å². The van der Waals surface area contributed by atoms with Crippen LogP contribution < -0.4 is 16.2 Å². The van der Waals surface area contributed by atoms with Crippen LogP contribution in [0.15, 0.2) is 41.2 Å². The van der Waals surface area contributed by atoms with Gasteiger partial charge in [-0.3, -0.25) is 15.1 Å². The predicted molar refractivity (Wildman–Crippen MR) is 104 cm³/mol. The number of urea groups is 1. The molecule has 28 heavy (non-hydrogen) atoms. The van der Waals surface area contributed by atoms with Crippen LogP contribution in [0.2, 0.25) is 0 Å². The van der Waals surface area contributed by atoms with Crippen LogP contribution in [0.1, 0.15) is 32.2 Å². The molecule has 0 aliphatic carbocycles. The summed E-state index contributed by atoms with van der Waals surface area (Å²) in [6.45, 7) is 7.64. The number of carbonyl (C=O) groups excluding carboxylic acids is 1. The third-order valence-electron chi connectivity index (χ3n) is 3.88. The summed E-state index contributed by atoms with van der Waals surface area (Å²) < 4.78 is 14.4. The number of carbonyl (C=O) groups is 1. The predicted octanol–water partition coefficient (Wildman–Crippen LogP) is 3.34. The number of nitrogens with one attached hydrogen (secondary N) is 3. The van der Waals surface area contributed by atoms with Crippen molar-refractivity contribution in [3.63, 3.8) is 0 Å². The van der Waals surface area contributed by atoms with Crippen LogP contribution in [0.5, 0.6) is 0 Å². The van der Waals surface area contributed by atoms with E-state index < -0.39 is 11.8 Å². The highest BCUT2D eigenvalue weighted by Crippen LogP contribution is 2.25. The van der Waals surface area contributed by atoms with Crippen LogP contribution in [0, 0.1) is 12.7 Å². The number of aryl methyl sites for hydroxylation is 1. The Kier molecular flexibility index (Phi) is 5.00. The van der Waals surface area contributed by atoms with Gasteiger partial charge in [0.05, 0.1) is 5.69 Å². The van der Waals surface area contributed by atoms with E-state index in [1.807, 2.05) is 20.8 Å². The van der Waals surface area contributed by atoms with Gasteiger partial charge in [-0.05, 0) is 31.2 Å². The fourth-order valence-electron chi connectivity index (χ4n) is 2.47. The van der Waals surface area contributed by atoms with Crippen LogP contribution >= 0.6 is 0 Å². The number of nitrogens with zero attached hydrogens (tertiary/aromatic N) is 3. The molecule has 0 aliphatic heterocycles. The molecule has 0 saturated heterocycles. The maximum absolute atomic E-state index is 13.0. The number of H-pyrrole nitrogens is 1. The average Bonchev–Trinajstić information content (AvgIpc) is 3.00. The third kappa shape index (κ3) is 4.43. The summed E-state index contributed by atoms with van der Waals surface area (Å²) in [4.78, 5) is 31.1. The van der Waals surface area contributed by atoms with Crippen molar-refractivity contribution >= 4 is 17.5 Å². The van der Waals surface area contributed by atoms with Crippen molar-refractivity contribution in [1.82, 2.24) is 19.7 Å².